The molecule has 0 saturated heterocycles. The van der Waals surface area contributed by atoms with Gasteiger partial charge in [-0.15, -0.1) is 0 Å². The van der Waals surface area contributed by atoms with Crippen LogP contribution in [0.3, 0.4) is 0 Å². The number of halogens is 2. The minimum Gasteiger partial charge on any atom is -0.459 e. The topological polar surface area (TPSA) is 55.4 Å². The zero-order valence-corrected chi connectivity index (χ0v) is 11.7. The van der Waals surface area contributed by atoms with Crippen LogP contribution in [0, 0.1) is 6.92 Å². The van der Waals surface area contributed by atoms with Gasteiger partial charge in [0.25, 0.3) is 0 Å². The molecule has 0 heterocycles. The van der Waals surface area contributed by atoms with Crippen LogP contribution in [0.25, 0.3) is 0 Å². The van der Waals surface area contributed by atoms with E-state index < -0.39 is 11.9 Å². The molecule has 92 valence electrons. The van der Waals surface area contributed by atoms with E-state index >= 15 is 0 Å². The van der Waals surface area contributed by atoms with Crippen molar-refractivity contribution in [1.29, 1.82) is 0 Å². The van der Waals surface area contributed by atoms with E-state index in [4.69, 9.17) is 11.6 Å². The third-order valence-corrected chi connectivity index (χ3v) is 3.02. The van der Waals surface area contributed by atoms with Crippen LogP contribution in [0.4, 0.5) is 5.69 Å². The average molecular weight is 321 g/mol. The minimum absolute atomic E-state index is 0.155. The van der Waals surface area contributed by atoms with Crippen LogP contribution in [-0.2, 0) is 14.3 Å². The van der Waals surface area contributed by atoms with Gasteiger partial charge in [0.1, 0.15) is 0 Å². The highest BCUT2D eigenvalue weighted by atomic mass is 79.9. The van der Waals surface area contributed by atoms with Crippen molar-refractivity contribution in [2.24, 2.45) is 0 Å². The fourth-order valence-electron chi connectivity index (χ4n) is 1.11. The zero-order valence-electron chi connectivity index (χ0n) is 9.34. The second-order valence-corrected chi connectivity index (χ2v) is 4.52. The maximum absolute atomic E-state index is 11.4. The molecule has 0 aromatic heterocycles. The van der Waals surface area contributed by atoms with Gasteiger partial charge in [-0.2, -0.15) is 0 Å². The Kier molecular flexibility index (Phi) is 4.96. The van der Waals surface area contributed by atoms with Gasteiger partial charge in [-0.3, -0.25) is 4.79 Å². The predicted octanol–water partition coefficient (Wildman–Crippen LogP) is 2.91. The van der Waals surface area contributed by atoms with Crippen LogP contribution in [-0.4, -0.2) is 18.5 Å². The SMILES string of the molecule is CCOC(=O)C(=O)Nc1cc(Cl)c(C)cc1Br. The molecule has 0 saturated carbocycles. The van der Waals surface area contributed by atoms with E-state index in [9.17, 15) is 9.59 Å². The second-order valence-electron chi connectivity index (χ2n) is 3.26. The maximum Gasteiger partial charge on any atom is 0.397 e. The molecule has 0 aliphatic heterocycles. The lowest BCUT2D eigenvalue weighted by Crippen LogP contribution is -2.25. The molecular formula is C11H11BrClNO3. The predicted molar refractivity (Wildman–Crippen MR) is 69.2 cm³/mol. The third-order valence-electron chi connectivity index (χ3n) is 1.96. The van der Waals surface area contributed by atoms with E-state index in [1.54, 1.807) is 19.1 Å². The molecular weight excluding hydrogens is 309 g/mol. The van der Waals surface area contributed by atoms with Crippen molar-refractivity contribution in [3.8, 4) is 0 Å². The highest BCUT2D eigenvalue weighted by Crippen LogP contribution is 2.29. The van der Waals surface area contributed by atoms with Crippen LogP contribution in [0.15, 0.2) is 16.6 Å². The molecule has 0 unspecified atom stereocenters. The van der Waals surface area contributed by atoms with Gasteiger partial charge in [0, 0.05) is 9.50 Å². The van der Waals surface area contributed by atoms with Gasteiger partial charge in [0.15, 0.2) is 0 Å². The summed E-state index contributed by atoms with van der Waals surface area (Å²) in [6.45, 7) is 3.62. The van der Waals surface area contributed by atoms with Crippen molar-refractivity contribution in [2.75, 3.05) is 11.9 Å². The number of nitrogens with one attached hydrogen (secondary N) is 1. The molecule has 1 aromatic rings. The zero-order chi connectivity index (χ0) is 13.0. The number of anilines is 1. The van der Waals surface area contributed by atoms with Crippen molar-refractivity contribution >= 4 is 45.1 Å². The van der Waals surface area contributed by atoms with Gasteiger partial charge in [-0.05, 0) is 47.5 Å². The van der Waals surface area contributed by atoms with Gasteiger partial charge >= 0.3 is 11.9 Å². The molecule has 6 heteroatoms. The van der Waals surface area contributed by atoms with Crippen molar-refractivity contribution < 1.29 is 14.3 Å². The summed E-state index contributed by atoms with van der Waals surface area (Å²) in [7, 11) is 0. The molecule has 0 fully saturated rings. The fraction of sp³-hybridized carbons (Fsp3) is 0.273. The molecule has 4 nitrogen and oxygen atoms in total. The smallest absolute Gasteiger partial charge is 0.397 e. The van der Waals surface area contributed by atoms with E-state index in [0.29, 0.717) is 15.2 Å². The van der Waals surface area contributed by atoms with Crippen molar-refractivity contribution in [2.45, 2.75) is 13.8 Å². The number of aryl methyl sites for hydroxylation is 1. The van der Waals surface area contributed by atoms with Crippen LogP contribution < -0.4 is 5.32 Å². The Bertz CT molecular complexity index is 462. The fourth-order valence-corrected chi connectivity index (χ4v) is 1.83. The lowest BCUT2D eigenvalue weighted by Gasteiger charge is -2.08. The maximum atomic E-state index is 11.4. The molecule has 1 amide bonds. The molecule has 0 aliphatic carbocycles. The minimum atomic E-state index is -0.920. The first-order valence-corrected chi connectivity index (χ1v) is 6.06. The number of rotatable bonds is 2. The first-order valence-electron chi connectivity index (χ1n) is 4.89. The number of ether oxygens (including phenoxy) is 1. The van der Waals surface area contributed by atoms with Crippen molar-refractivity contribution in [3.05, 3.63) is 27.2 Å². The van der Waals surface area contributed by atoms with Crippen LogP contribution in [0.1, 0.15) is 12.5 Å². The monoisotopic (exact) mass is 319 g/mol. The number of carbonyl (C=O) groups is 2. The van der Waals surface area contributed by atoms with Gasteiger partial charge in [0.2, 0.25) is 0 Å². The standard InChI is InChI=1S/C11H11BrClNO3/c1-3-17-11(16)10(15)14-9-5-8(13)6(2)4-7(9)12/h4-5H,3H2,1-2H3,(H,14,15). The molecule has 17 heavy (non-hydrogen) atoms. The first-order chi connectivity index (χ1) is 7.95. The first kappa shape index (κ1) is 14.0. The second kappa shape index (κ2) is 6.02. The third kappa shape index (κ3) is 3.71. The average Bonchev–Trinajstić information content (AvgIpc) is 2.26. The van der Waals surface area contributed by atoms with Gasteiger partial charge in [-0.1, -0.05) is 11.6 Å². The highest BCUT2D eigenvalue weighted by Gasteiger charge is 2.16. The number of amides is 1. The Morgan fingerprint density at radius 1 is 1.47 bits per heavy atom. The number of esters is 1. The Morgan fingerprint density at radius 3 is 2.71 bits per heavy atom. The van der Waals surface area contributed by atoms with Crippen LogP contribution >= 0.6 is 27.5 Å². The Balaban J connectivity index is 2.85. The summed E-state index contributed by atoms with van der Waals surface area (Å²) in [6.07, 6.45) is 0. The highest BCUT2D eigenvalue weighted by molar-refractivity contribution is 9.10. The van der Waals surface area contributed by atoms with E-state index in [1.807, 2.05) is 6.92 Å². The molecule has 0 spiro atoms. The van der Waals surface area contributed by atoms with Crippen molar-refractivity contribution in [1.82, 2.24) is 0 Å². The summed E-state index contributed by atoms with van der Waals surface area (Å²) < 4.78 is 5.22. The Labute approximate surface area is 112 Å². The lowest BCUT2D eigenvalue weighted by molar-refractivity contribution is -0.152. The quantitative estimate of drug-likeness (QED) is 0.673. The number of carbonyl (C=O) groups excluding carboxylic acids is 2. The van der Waals surface area contributed by atoms with Crippen LogP contribution in [0.2, 0.25) is 5.02 Å². The molecule has 1 rings (SSSR count). The molecule has 0 aliphatic rings. The summed E-state index contributed by atoms with van der Waals surface area (Å²) in [5.74, 6) is -1.75. The van der Waals surface area contributed by atoms with Gasteiger partial charge in [0.05, 0.1) is 12.3 Å². The number of hydrogen-bond acceptors (Lipinski definition) is 3. The molecule has 0 bridgehead atoms. The normalized spacial score (nSPS) is 9.88. The Morgan fingerprint density at radius 2 is 2.12 bits per heavy atom. The summed E-state index contributed by atoms with van der Waals surface area (Å²) in [5, 5.41) is 2.92. The number of benzene rings is 1. The largest absolute Gasteiger partial charge is 0.459 e. The molecule has 1 aromatic carbocycles. The van der Waals surface area contributed by atoms with E-state index in [-0.39, 0.29) is 6.61 Å². The van der Waals surface area contributed by atoms with Gasteiger partial charge in [-0.25, -0.2) is 4.79 Å². The van der Waals surface area contributed by atoms with Gasteiger partial charge < -0.3 is 10.1 Å². The summed E-state index contributed by atoms with van der Waals surface area (Å²) >= 11 is 9.19. The number of hydrogen-bond donors (Lipinski definition) is 1. The summed E-state index contributed by atoms with van der Waals surface area (Å²) in [5.41, 5.74) is 1.30. The van der Waals surface area contributed by atoms with Crippen molar-refractivity contribution in [3.63, 3.8) is 0 Å². The molecule has 0 radical (unpaired) electrons. The Hall–Kier alpha value is -1.07. The molecule has 0 atom stereocenters. The summed E-state index contributed by atoms with van der Waals surface area (Å²) in [4.78, 5) is 22.5. The van der Waals surface area contributed by atoms with Crippen LogP contribution in [0.5, 0.6) is 0 Å². The summed E-state index contributed by atoms with van der Waals surface area (Å²) in [6, 6.07) is 3.32. The van der Waals surface area contributed by atoms with E-state index in [0.717, 1.165) is 5.56 Å². The van der Waals surface area contributed by atoms with E-state index in [2.05, 4.69) is 26.0 Å². The lowest BCUT2D eigenvalue weighted by atomic mass is 10.2. The molecule has 1 N–H and O–H groups in total. The van der Waals surface area contributed by atoms with E-state index in [1.165, 1.54) is 0 Å².